The Bertz CT molecular complexity index is 533. The number of carboxylic acid groups (broad SMARTS) is 1. The first-order valence-electron chi connectivity index (χ1n) is 5.98. The van der Waals surface area contributed by atoms with E-state index < -0.39 is 12.0 Å². The van der Waals surface area contributed by atoms with E-state index in [-0.39, 0.29) is 0 Å². The molecule has 0 aliphatic heterocycles. The molecule has 2 rings (SSSR count). The Morgan fingerprint density at radius 2 is 2.00 bits per heavy atom. The van der Waals surface area contributed by atoms with Gasteiger partial charge in [0.1, 0.15) is 0 Å². The molecule has 0 radical (unpaired) electrons. The molecule has 4 heteroatoms. The lowest BCUT2D eigenvalue weighted by atomic mass is 10.1. The summed E-state index contributed by atoms with van der Waals surface area (Å²) in [5, 5.41) is 10.4. The van der Waals surface area contributed by atoms with Crippen molar-refractivity contribution >= 4 is 16.9 Å². The Morgan fingerprint density at radius 3 is 2.56 bits per heavy atom. The van der Waals surface area contributed by atoms with Gasteiger partial charge in [-0.3, -0.25) is 0 Å². The largest absolute Gasteiger partial charge is 0.477 e. The zero-order chi connectivity index (χ0) is 13.3. The minimum absolute atomic E-state index is 0.407. The van der Waals surface area contributed by atoms with Crippen molar-refractivity contribution in [1.29, 1.82) is 0 Å². The van der Waals surface area contributed by atoms with Crippen LogP contribution < -0.4 is 0 Å². The fourth-order valence-corrected chi connectivity index (χ4v) is 2.14. The second-order valence-corrected chi connectivity index (χ2v) is 5.56. The standard InChI is InChI=1S/C14H18N2O2/c1-16(2,3)13(14(17)18)9-11-8-10-6-4-5-7-12(10)15-11/h4-8,13,15H,9H2,1-3H3/p+1. The first-order chi connectivity index (χ1) is 8.38. The molecule has 1 aromatic heterocycles. The first kappa shape index (κ1) is 12.6. The van der Waals surface area contributed by atoms with E-state index in [1.165, 1.54) is 0 Å². The number of nitrogens with one attached hydrogen (secondary N) is 1. The van der Waals surface area contributed by atoms with Crippen molar-refractivity contribution in [3.8, 4) is 0 Å². The quantitative estimate of drug-likeness (QED) is 0.810. The number of carbonyl (C=O) groups is 1. The lowest BCUT2D eigenvalue weighted by Crippen LogP contribution is -2.51. The highest BCUT2D eigenvalue weighted by Gasteiger charge is 2.31. The number of aromatic nitrogens is 1. The van der Waals surface area contributed by atoms with Crippen molar-refractivity contribution in [2.24, 2.45) is 0 Å². The zero-order valence-electron chi connectivity index (χ0n) is 11.0. The normalized spacial score (nSPS) is 13.7. The van der Waals surface area contributed by atoms with E-state index in [0.29, 0.717) is 10.9 Å². The van der Waals surface area contributed by atoms with Gasteiger partial charge in [0.05, 0.1) is 27.6 Å². The zero-order valence-corrected chi connectivity index (χ0v) is 11.0. The Labute approximate surface area is 106 Å². The van der Waals surface area contributed by atoms with Crippen molar-refractivity contribution in [3.05, 3.63) is 36.0 Å². The first-order valence-corrected chi connectivity index (χ1v) is 5.98. The highest BCUT2D eigenvalue weighted by Crippen LogP contribution is 2.18. The van der Waals surface area contributed by atoms with Crippen LogP contribution in [0, 0.1) is 0 Å². The summed E-state index contributed by atoms with van der Waals surface area (Å²) in [4.78, 5) is 14.6. The minimum atomic E-state index is -0.763. The van der Waals surface area contributed by atoms with Crippen LogP contribution in [0.1, 0.15) is 5.69 Å². The van der Waals surface area contributed by atoms with Crippen LogP contribution >= 0.6 is 0 Å². The number of rotatable bonds is 4. The SMILES string of the molecule is C[N+](C)(C)C(Cc1cc2ccccc2[nH]1)C(=O)O. The number of hydrogen-bond donors (Lipinski definition) is 2. The number of aromatic amines is 1. The molecule has 1 aromatic carbocycles. The molecule has 0 amide bonds. The van der Waals surface area contributed by atoms with Gasteiger partial charge in [-0.2, -0.15) is 0 Å². The molecule has 1 heterocycles. The summed E-state index contributed by atoms with van der Waals surface area (Å²) >= 11 is 0. The van der Waals surface area contributed by atoms with Gasteiger partial charge >= 0.3 is 5.97 Å². The lowest BCUT2D eigenvalue weighted by molar-refractivity contribution is -0.887. The molecule has 0 saturated heterocycles. The number of fused-ring (bicyclic) bond motifs is 1. The minimum Gasteiger partial charge on any atom is -0.477 e. The Morgan fingerprint density at radius 1 is 1.33 bits per heavy atom. The van der Waals surface area contributed by atoms with E-state index in [4.69, 9.17) is 0 Å². The van der Waals surface area contributed by atoms with Gasteiger partial charge in [-0.1, -0.05) is 18.2 Å². The number of hydrogen-bond acceptors (Lipinski definition) is 1. The molecule has 1 atom stereocenters. The van der Waals surface area contributed by atoms with Gasteiger partial charge in [0.15, 0.2) is 6.04 Å². The van der Waals surface area contributed by atoms with E-state index in [1.807, 2.05) is 51.5 Å². The maximum Gasteiger partial charge on any atom is 0.362 e. The second kappa shape index (κ2) is 4.46. The Balaban J connectivity index is 2.29. The van der Waals surface area contributed by atoms with Gasteiger partial charge < -0.3 is 14.6 Å². The topological polar surface area (TPSA) is 53.1 Å². The monoisotopic (exact) mass is 247 g/mol. The molecule has 0 fully saturated rings. The molecule has 2 aromatic rings. The number of benzene rings is 1. The molecule has 18 heavy (non-hydrogen) atoms. The predicted octanol–water partition coefficient (Wildman–Crippen LogP) is 1.87. The lowest BCUT2D eigenvalue weighted by Gasteiger charge is -2.30. The van der Waals surface area contributed by atoms with E-state index in [2.05, 4.69) is 4.98 Å². The number of nitrogens with zero attached hydrogens (tertiary/aromatic N) is 1. The van der Waals surface area contributed by atoms with Crippen LogP contribution in [0.25, 0.3) is 10.9 Å². The molecule has 0 aliphatic carbocycles. The molecule has 4 nitrogen and oxygen atoms in total. The number of carboxylic acids is 1. The van der Waals surface area contributed by atoms with Crippen molar-refractivity contribution in [2.45, 2.75) is 12.5 Å². The highest BCUT2D eigenvalue weighted by molar-refractivity contribution is 5.80. The molecular formula is C14H19N2O2+. The van der Waals surface area contributed by atoms with Crippen LogP contribution in [0.2, 0.25) is 0 Å². The summed E-state index contributed by atoms with van der Waals surface area (Å²) in [5.41, 5.74) is 2.02. The summed E-state index contributed by atoms with van der Waals surface area (Å²) < 4.78 is 0.407. The summed E-state index contributed by atoms with van der Waals surface area (Å²) in [6.07, 6.45) is 0.507. The maximum atomic E-state index is 11.3. The third-order valence-corrected chi connectivity index (χ3v) is 3.22. The number of likely N-dealkylation sites (N-methyl/N-ethyl adjacent to an activating group) is 1. The van der Waals surface area contributed by atoms with Crippen LogP contribution in [0.15, 0.2) is 30.3 Å². The molecular weight excluding hydrogens is 228 g/mol. The smallest absolute Gasteiger partial charge is 0.362 e. The average molecular weight is 247 g/mol. The summed E-state index contributed by atoms with van der Waals surface area (Å²) in [7, 11) is 5.71. The van der Waals surface area contributed by atoms with Gasteiger partial charge in [-0.15, -0.1) is 0 Å². The van der Waals surface area contributed by atoms with Crippen molar-refractivity contribution in [3.63, 3.8) is 0 Å². The molecule has 1 unspecified atom stereocenters. The molecule has 96 valence electrons. The third-order valence-electron chi connectivity index (χ3n) is 3.22. The molecule has 2 N–H and O–H groups in total. The van der Waals surface area contributed by atoms with E-state index in [9.17, 15) is 9.90 Å². The Kier molecular flexibility index (Phi) is 3.13. The third kappa shape index (κ3) is 2.54. The average Bonchev–Trinajstić information content (AvgIpc) is 2.66. The summed E-state index contributed by atoms with van der Waals surface area (Å²) in [6.45, 7) is 0. The van der Waals surface area contributed by atoms with Crippen molar-refractivity contribution < 1.29 is 14.4 Å². The highest BCUT2D eigenvalue weighted by atomic mass is 16.4. The second-order valence-electron chi connectivity index (χ2n) is 5.56. The molecule has 0 bridgehead atoms. The van der Waals surface area contributed by atoms with Gasteiger partial charge in [-0.05, 0) is 17.5 Å². The molecule has 0 saturated carbocycles. The van der Waals surface area contributed by atoms with Gasteiger partial charge in [0.2, 0.25) is 0 Å². The van der Waals surface area contributed by atoms with Crippen LogP contribution in [-0.2, 0) is 11.2 Å². The fourth-order valence-electron chi connectivity index (χ4n) is 2.14. The van der Waals surface area contributed by atoms with Gasteiger partial charge in [-0.25, -0.2) is 4.79 Å². The van der Waals surface area contributed by atoms with Crippen molar-refractivity contribution in [2.75, 3.05) is 21.1 Å². The summed E-state index contributed by atoms with van der Waals surface area (Å²) in [5.74, 6) is -0.763. The van der Waals surface area contributed by atoms with Crippen LogP contribution in [0.3, 0.4) is 0 Å². The predicted molar refractivity (Wildman–Crippen MR) is 71.5 cm³/mol. The fraction of sp³-hybridized carbons (Fsp3) is 0.357. The number of para-hydroxylation sites is 1. The molecule has 0 spiro atoms. The number of aliphatic carboxylic acids is 1. The van der Waals surface area contributed by atoms with E-state index in [0.717, 1.165) is 16.6 Å². The summed E-state index contributed by atoms with van der Waals surface area (Å²) in [6, 6.07) is 9.56. The van der Waals surface area contributed by atoms with Gasteiger partial charge in [0, 0.05) is 11.2 Å². The van der Waals surface area contributed by atoms with Crippen LogP contribution in [0.4, 0.5) is 0 Å². The number of H-pyrrole nitrogens is 1. The number of quaternary nitrogens is 1. The van der Waals surface area contributed by atoms with Crippen LogP contribution in [-0.4, -0.2) is 47.7 Å². The van der Waals surface area contributed by atoms with Crippen molar-refractivity contribution in [1.82, 2.24) is 4.98 Å². The van der Waals surface area contributed by atoms with Crippen LogP contribution in [0.5, 0.6) is 0 Å². The molecule has 0 aliphatic rings. The van der Waals surface area contributed by atoms with E-state index >= 15 is 0 Å². The van der Waals surface area contributed by atoms with E-state index in [1.54, 1.807) is 0 Å². The Hall–Kier alpha value is -1.81. The maximum absolute atomic E-state index is 11.3. The van der Waals surface area contributed by atoms with Gasteiger partial charge in [0.25, 0.3) is 0 Å².